The van der Waals surface area contributed by atoms with Gasteiger partial charge in [-0.3, -0.25) is 4.79 Å². The molecular weight excluding hydrogens is 427 g/mol. The molecule has 1 aliphatic rings. The molecule has 0 unspecified atom stereocenters. The smallest absolute Gasteiger partial charge is 0.246 e. The molecule has 1 amide bonds. The molecule has 0 fully saturated rings. The number of halogens is 2. The van der Waals surface area contributed by atoms with E-state index in [1.54, 1.807) is 6.07 Å². The molecule has 2 aromatic heterocycles. The molecule has 0 saturated carbocycles. The zero-order chi connectivity index (χ0) is 20.8. The third-order valence-corrected chi connectivity index (χ3v) is 6.49. The lowest BCUT2D eigenvalue weighted by atomic mass is 9.93. The fourth-order valence-electron chi connectivity index (χ4n) is 3.78. The Morgan fingerprint density at radius 1 is 1.28 bits per heavy atom. The summed E-state index contributed by atoms with van der Waals surface area (Å²) in [5, 5.41) is 11.2. The number of anilines is 1. The van der Waals surface area contributed by atoms with E-state index in [0.29, 0.717) is 15.2 Å². The van der Waals surface area contributed by atoms with Crippen molar-refractivity contribution in [2.75, 3.05) is 18.4 Å². The number of rotatable bonds is 3. The quantitative estimate of drug-likeness (QED) is 0.587. The van der Waals surface area contributed by atoms with Crippen LogP contribution < -0.4 is 10.6 Å². The highest BCUT2D eigenvalue weighted by Gasteiger charge is 2.23. The number of hydrogen-bond donors (Lipinski definition) is 2. The molecule has 8 heteroatoms. The van der Waals surface area contributed by atoms with Crippen LogP contribution in [-0.4, -0.2) is 28.5 Å². The number of benzene rings is 1. The number of nitrogens with one attached hydrogen (secondary N) is 2. The van der Waals surface area contributed by atoms with Crippen molar-refractivity contribution in [3.63, 3.8) is 0 Å². The molecular formula is C21H24Cl2N4OS. The van der Waals surface area contributed by atoms with Crippen molar-refractivity contribution < 1.29 is 4.79 Å². The minimum Gasteiger partial charge on any atom is -0.335 e. The van der Waals surface area contributed by atoms with Crippen LogP contribution in [0, 0.1) is 0 Å². The van der Waals surface area contributed by atoms with Gasteiger partial charge in [0.15, 0.2) is 5.13 Å². The largest absolute Gasteiger partial charge is 0.335 e. The van der Waals surface area contributed by atoms with Gasteiger partial charge in [-0.25, -0.2) is 4.98 Å². The fourth-order valence-corrected chi connectivity index (χ4v) is 5.33. The molecule has 0 saturated heterocycles. The molecule has 29 heavy (non-hydrogen) atoms. The SMILES string of the molecule is CC(C)(C)c1csc(NC(=O)Cn2c3c(c4c(Cl)cc(Cl)cc42)CCNCC3)n1. The zero-order valence-electron chi connectivity index (χ0n) is 16.7. The highest BCUT2D eigenvalue weighted by atomic mass is 35.5. The van der Waals surface area contributed by atoms with Gasteiger partial charge in [-0.1, -0.05) is 44.0 Å². The molecule has 0 atom stereocenters. The normalized spacial score (nSPS) is 14.7. The molecule has 0 aliphatic carbocycles. The van der Waals surface area contributed by atoms with Crippen molar-refractivity contribution in [3.05, 3.63) is 44.5 Å². The second-order valence-corrected chi connectivity index (χ2v) is 10.1. The van der Waals surface area contributed by atoms with E-state index in [2.05, 4.69) is 41.0 Å². The molecule has 154 valence electrons. The van der Waals surface area contributed by atoms with Crippen molar-refractivity contribution in [2.45, 2.75) is 45.6 Å². The Kier molecular flexibility index (Phi) is 5.64. The lowest BCUT2D eigenvalue weighted by Crippen LogP contribution is -2.21. The van der Waals surface area contributed by atoms with Crippen molar-refractivity contribution in [2.24, 2.45) is 0 Å². The predicted molar refractivity (Wildman–Crippen MR) is 122 cm³/mol. The topological polar surface area (TPSA) is 59.0 Å². The molecule has 0 spiro atoms. The first-order chi connectivity index (χ1) is 13.7. The zero-order valence-corrected chi connectivity index (χ0v) is 19.1. The molecule has 3 aromatic rings. The summed E-state index contributed by atoms with van der Waals surface area (Å²) < 4.78 is 2.06. The summed E-state index contributed by atoms with van der Waals surface area (Å²) >= 11 is 14.3. The number of carbonyl (C=O) groups is 1. The van der Waals surface area contributed by atoms with E-state index in [1.165, 1.54) is 16.9 Å². The van der Waals surface area contributed by atoms with Gasteiger partial charge in [0.2, 0.25) is 5.91 Å². The monoisotopic (exact) mass is 450 g/mol. The van der Waals surface area contributed by atoms with Crippen LogP contribution in [0.5, 0.6) is 0 Å². The van der Waals surface area contributed by atoms with Crippen molar-refractivity contribution in [1.82, 2.24) is 14.9 Å². The Labute approximate surface area is 184 Å². The average Bonchev–Trinajstić information content (AvgIpc) is 3.10. The van der Waals surface area contributed by atoms with E-state index in [1.807, 2.05) is 11.4 Å². The third-order valence-electron chi connectivity index (χ3n) is 5.21. The summed E-state index contributed by atoms with van der Waals surface area (Å²) in [6, 6.07) is 3.68. The first kappa shape index (κ1) is 20.7. The van der Waals surface area contributed by atoms with E-state index in [4.69, 9.17) is 23.2 Å². The number of hydrogen-bond acceptors (Lipinski definition) is 4. The number of amides is 1. The summed E-state index contributed by atoms with van der Waals surface area (Å²) in [5.74, 6) is -0.104. The molecule has 4 rings (SSSR count). The van der Waals surface area contributed by atoms with Crippen LogP contribution in [0.4, 0.5) is 5.13 Å². The average molecular weight is 451 g/mol. The van der Waals surface area contributed by atoms with Gasteiger partial charge in [0.05, 0.1) is 16.2 Å². The van der Waals surface area contributed by atoms with Gasteiger partial charge in [0, 0.05) is 39.9 Å². The molecule has 0 bridgehead atoms. The second-order valence-electron chi connectivity index (χ2n) is 8.38. The summed E-state index contributed by atoms with van der Waals surface area (Å²) in [5.41, 5.74) is 4.21. The highest BCUT2D eigenvalue weighted by Crippen LogP contribution is 2.36. The highest BCUT2D eigenvalue weighted by molar-refractivity contribution is 7.13. The molecule has 2 N–H and O–H groups in total. The van der Waals surface area contributed by atoms with Crippen LogP contribution in [0.1, 0.15) is 37.7 Å². The Bertz CT molecular complexity index is 1080. The van der Waals surface area contributed by atoms with Crippen molar-refractivity contribution >= 4 is 56.5 Å². The summed E-state index contributed by atoms with van der Waals surface area (Å²) in [6.45, 7) is 8.29. The number of thiazole rings is 1. The van der Waals surface area contributed by atoms with E-state index in [9.17, 15) is 4.79 Å². The minimum atomic E-state index is -0.104. The summed E-state index contributed by atoms with van der Waals surface area (Å²) in [4.78, 5) is 17.4. The van der Waals surface area contributed by atoms with E-state index >= 15 is 0 Å². The standard InChI is InChI=1S/C21H24Cl2N4OS/c1-21(2,3)17-11-29-20(25-17)26-18(28)10-27-15-5-7-24-6-4-13(15)19-14(23)8-12(22)9-16(19)27/h8-9,11,24H,4-7,10H2,1-3H3,(H,25,26,28). The van der Waals surface area contributed by atoms with Crippen LogP contribution in [-0.2, 0) is 29.6 Å². The first-order valence-corrected chi connectivity index (χ1v) is 11.3. The maximum absolute atomic E-state index is 12.9. The van der Waals surface area contributed by atoms with Gasteiger partial charge in [0.25, 0.3) is 0 Å². The van der Waals surface area contributed by atoms with Gasteiger partial charge >= 0.3 is 0 Å². The fraction of sp³-hybridized carbons (Fsp3) is 0.429. The van der Waals surface area contributed by atoms with Crippen molar-refractivity contribution in [1.29, 1.82) is 0 Å². The van der Waals surface area contributed by atoms with E-state index in [-0.39, 0.29) is 17.9 Å². The Balaban J connectivity index is 1.67. The first-order valence-electron chi connectivity index (χ1n) is 9.69. The van der Waals surface area contributed by atoms with Crippen LogP contribution in [0.25, 0.3) is 10.9 Å². The van der Waals surface area contributed by atoms with Gasteiger partial charge in [-0.05, 0) is 30.7 Å². The Morgan fingerprint density at radius 3 is 2.76 bits per heavy atom. The number of carbonyl (C=O) groups excluding carboxylic acids is 1. The van der Waals surface area contributed by atoms with Crippen molar-refractivity contribution in [3.8, 4) is 0 Å². The number of fused-ring (bicyclic) bond motifs is 3. The van der Waals surface area contributed by atoms with Crippen LogP contribution >= 0.6 is 34.5 Å². The van der Waals surface area contributed by atoms with Gasteiger partial charge in [0.1, 0.15) is 6.54 Å². The number of aromatic nitrogens is 2. The Morgan fingerprint density at radius 2 is 2.03 bits per heavy atom. The van der Waals surface area contributed by atoms with E-state index in [0.717, 1.165) is 48.2 Å². The molecule has 3 heterocycles. The van der Waals surface area contributed by atoms with Crippen LogP contribution in [0.3, 0.4) is 0 Å². The van der Waals surface area contributed by atoms with Gasteiger partial charge in [-0.15, -0.1) is 11.3 Å². The molecule has 0 radical (unpaired) electrons. The Hall–Kier alpha value is -1.60. The number of nitrogens with zero attached hydrogens (tertiary/aromatic N) is 2. The predicted octanol–water partition coefficient (Wildman–Crippen LogP) is 5.03. The third kappa shape index (κ3) is 4.17. The van der Waals surface area contributed by atoms with Gasteiger partial charge < -0.3 is 15.2 Å². The summed E-state index contributed by atoms with van der Waals surface area (Å²) in [7, 11) is 0. The molecule has 1 aliphatic heterocycles. The maximum atomic E-state index is 12.9. The maximum Gasteiger partial charge on any atom is 0.246 e. The van der Waals surface area contributed by atoms with Crippen LogP contribution in [0.15, 0.2) is 17.5 Å². The minimum absolute atomic E-state index is 0.0477. The van der Waals surface area contributed by atoms with E-state index < -0.39 is 0 Å². The second kappa shape index (κ2) is 7.91. The molecule has 1 aromatic carbocycles. The lowest BCUT2D eigenvalue weighted by molar-refractivity contribution is -0.116. The lowest BCUT2D eigenvalue weighted by Gasteiger charge is -2.14. The van der Waals surface area contributed by atoms with Crippen LogP contribution in [0.2, 0.25) is 10.0 Å². The summed E-state index contributed by atoms with van der Waals surface area (Å²) in [6.07, 6.45) is 1.72. The molecule has 5 nitrogen and oxygen atoms in total. The van der Waals surface area contributed by atoms with Gasteiger partial charge in [-0.2, -0.15) is 0 Å².